The Morgan fingerprint density at radius 2 is 2.11 bits per heavy atom. The molecule has 19 heavy (non-hydrogen) atoms. The number of methoxy groups -OCH3 is 1. The van der Waals surface area contributed by atoms with Crippen LogP contribution in [0.2, 0.25) is 0 Å². The third-order valence-electron chi connectivity index (χ3n) is 2.89. The lowest BCUT2D eigenvalue weighted by atomic mass is 10.1. The van der Waals surface area contributed by atoms with Gasteiger partial charge in [0.2, 0.25) is 0 Å². The van der Waals surface area contributed by atoms with Crippen LogP contribution in [-0.4, -0.2) is 24.8 Å². The molecule has 0 unspecified atom stereocenters. The van der Waals surface area contributed by atoms with Crippen molar-refractivity contribution in [2.75, 3.05) is 13.7 Å². The molecule has 0 radical (unpaired) electrons. The molecule has 1 rings (SSSR count). The van der Waals surface area contributed by atoms with E-state index in [0.29, 0.717) is 13.0 Å². The molecule has 0 bridgehead atoms. The van der Waals surface area contributed by atoms with Crippen molar-refractivity contribution in [3.63, 3.8) is 0 Å². The highest BCUT2D eigenvalue weighted by atomic mass is 16.5. The number of carboxylic acids is 1. The summed E-state index contributed by atoms with van der Waals surface area (Å²) in [5.74, 6) is 0.661. The van der Waals surface area contributed by atoms with Crippen LogP contribution in [0.15, 0.2) is 18.2 Å². The average molecular weight is 266 g/mol. The number of unbranched alkanes of at least 4 members (excludes halogenated alkanes) is 2. The van der Waals surface area contributed by atoms with E-state index in [4.69, 9.17) is 14.6 Å². The van der Waals surface area contributed by atoms with Crippen molar-refractivity contribution in [3.8, 4) is 11.5 Å². The molecule has 0 aliphatic carbocycles. The maximum Gasteiger partial charge on any atom is 0.303 e. The summed E-state index contributed by atoms with van der Waals surface area (Å²) in [6, 6.07) is 5.52. The standard InChI is InChI=1S/C15H22O4/c1-3-4-5-10-19-14-11-13(18-2)8-6-12(14)7-9-15(16)17/h6,8,11H,3-5,7,9-10H2,1-2H3,(H,16,17). The van der Waals surface area contributed by atoms with Crippen LogP contribution in [0, 0.1) is 0 Å². The van der Waals surface area contributed by atoms with Crippen LogP contribution < -0.4 is 9.47 Å². The molecule has 106 valence electrons. The van der Waals surface area contributed by atoms with Crippen LogP contribution >= 0.6 is 0 Å². The Morgan fingerprint density at radius 1 is 1.32 bits per heavy atom. The number of benzene rings is 1. The van der Waals surface area contributed by atoms with Crippen molar-refractivity contribution in [2.24, 2.45) is 0 Å². The molecular formula is C15H22O4. The van der Waals surface area contributed by atoms with Crippen LogP contribution in [-0.2, 0) is 11.2 Å². The quantitative estimate of drug-likeness (QED) is 0.697. The topological polar surface area (TPSA) is 55.8 Å². The predicted molar refractivity (Wildman–Crippen MR) is 74.0 cm³/mol. The zero-order chi connectivity index (χ0) is 14.1. The number of aryl methyl sites for hydroxylation is 1. The fourth-order valence-electron chi connectivity index (χ4n) is 1.78. The monoisotopic (exact) mass is 266 g/mol. The summed E-state index contributed by atoms with van der Waals surface area (Å²) >= 11 is 0. The molecule has 0 fully saturated rings. The molecule has 0 amide bonds. The summed E-state index contributed by atoms with van der Waals surface area (Å²) in [5.41, 5.74) is 0.916. The van der Waals surface area contributed by atoms with Gasteiger partial charge in [-0.15, -0.1) is 0 Å². The number of hydrogen-bond acceptors (Lipinski definition) is 3. The van der Waals surface area contributed by atoms with Gasteiger partial charge in [0.15, 0.2) is 0 Å². The minimum Gasteiger partial charge on any atom is -0.497 e. The smallest absolute Gasteiger partial charge is 0.303 e. The third kappa shape index (κ3) is 5.64. The van der Waals surface area contributed by atoms with E-state index in [1.54, 1.807) is 7.11 Å². The molecule has 0 aliphatic heterocycles. The summed E-state index contributed by atoms with van der Waals surface area (Å²) in [6.45, 7) is 2.80. The van der Waals surface area contributed by atoms with Gasteiger partial charge in [-0.2, -0.15) is 0 Å². The summed E-state index contributed by atoms with van der Waals surface area (Å²) in [4.78, 5) is 10.6. The Labute approximate surface area is 114 Å². The van der Waals surface area contributed by atoms with Crippen molar-refractivity contribution in [1.29, 1.82) is 0 Å². The molecule has 0 atom stereocenters. The SMILES string of the molecule is CCCCCOc1cc(OC)ccc1CCC(=O)O. The number of hydrogen-bond donors (Lipinski definition) is 1. The van der Waals surface area contributed by atoms with Crippen LogP contribution in [0.5, 0.6) is 11.5 Å². The summed E-state index contributed by atoms with van der Waals surface area (Å²) < 4.78 is 10.9. The Kier molecular flexibility index (Phi) is 6.79. The Balaban J connectivity index is 2.68. The van der Waals surface area contributed by atoms with Crippen LogP contribution in [0.4, 0.5) is 0 Å². The van der Waals surface area contributed by atoms with Gasteiger partial charge >= 0.3 is 5.97 Å². The maximum absolute atomic E-state index is 10.6. The largest absolute Gasteiger partial charge is 0.497 e. The highest BCUT2D eigenvalue weighted by Crippen LogP contribution is 2.26. The van der Waals surface area contributed by atoms with Gasteiger partial charge in [-0.05, 0) is 24.5 Å². The zero-order valence-electron chi connectivity index (χ0n) is 11.6. The van der Waals surface area contributed by atoms with Gasteiger partial charge in [0, 0.05) is 12.5 Å². The summed E-state index contributed by atoms with van der Waals surface area (Å²) in [5, 5.41) is 8.75. The van der Waals surface area contributed by atoms with E-state index in [0.717, 1.165) is 36.3 Å². The lowest BCUT2D eigenvalue weighted by Crippen LogP contribution is -2.03. The van der Waals surface area contributed by atoms with Crippen molar-refractivity contribution in [1.82, 2.24) is 0 Å². The van der Waals surface area contributed by atoms with Gasteiger partial charge in [0.25, 0.3) is 0 Å². The van der Waals surface area contributed by atoms with Crippen molar-refractivity contribution in [2.45, 2.75) is 39.0 Å². The first-order valence-electron chi connectivity index (χ1n) is 6.69. The molecule has 0 spiro atoms. The predicted octanol–water partition coefficient (Wildman–Crippen LogP) is 3.28. The van der Waals surface area contributed by atoms with E-state index >= 15 is 0 Å². The maximum atomic E-state index is 10.6. The van der Waals surface area contributed by atoms with Crippen LogP contribution in [0.1, 0.15) is 38.2 Å². The van der Waals surface area contributed by atoms with Crippen LogP contribution in [0.3, 0.4) is 0 Å². The Morgan fingerprint density at radius 3 is 2.74 bits per heavy atom. The van der Waals surface area contributed by atoms with Crippen molar-refractivity contribution >= 4 is 5.97 Å². The first-order valence-corrected chi connectivity index (χ1v) is 6.69. The first-order chi connectivity index (χ1) is 9.17. The van der Waals surface area contributed by atoms with Crippen molar-refractivity contribution < 1.29 is 19.4 Å². The van der Waals surface area contributed by atoms with E-state index < -0.39 is 5.97 Å². The molecule has 0 aliphatic rings. The Bertz CT molecular complexity index is 401. The van der Waals surface area contributed by atoms with E-state index in [-0.39, 0.29) is 6.42 Å². The van der Waals surface area contributed by atoms with Gasteiger partial charge < -0.3 is 14.6 Å². The van der Waals surface area contributed by atoms with E-state index in [2.05, 4.69) is 6.92 Å². The van der Waals surface area contributed by atoms with Gasteiger partial charge in [-0.1, -0.05) is 25.8 Å². The fraction of sp³-hybridized carbons (Fsp3) is 0.533. The molecule has 0 saturated carbocycles. The van der Waals surface area contributed by atoms with Gasteiger partial charge in [0.1, 0.15) is 11.5 Å². The Hall–Kier alpha value is -1.71. The van der Waals surface area contributed by atoms with Crippen LogP contribution in [0.25, 0.3) is 0 Å². The van der Waals surface area contributed by atoms with Gasteiger partial charge in [-0.25, -0.2) is 0 Å². The average Bonchev–Trinajstić information content (AvgIpc) is 2.41. The second-order valence-electron chi connectivity index (χ2n) is 4.42. The summed E-state index contributed by atoms with van der Waals surface area (Å²) in [6.07, 6.45) is 3.87. The molecule has 4 heteroatoms. The highest BCUT2D eigenvalue weighted by molar-refractivity contribution is 5.67. The molecule has 4 nitrogen and oxygen atoms in total. The molecular weight excluding hydrogens is 244 g/mol. The number of rotatable bonds is 9. The minimum atomic E-state index is -0.798. The normalized spacial score (nSPS) is 10.2. The number of aliphatic carboxylic acids is 1. The molecule has 0 aromatic heterocycles. The molecule has 0 saturated heterocycles. The lowest BCUT2D eigenvalue weighted by Gasteiger charge is -2.12. The number of carboxylic acid groups (broad SMARTS) is 1. The summed E-state index contributed by atoms with van der Waals surface area (Å²) in [7, 11) is 1.60. The molecule has 1 aromatic carbocycles. The lowest BCUT2D eigenvalue weighted by molar-refractivity contribution is -0.136. The fourth-order valence-corrected chi connectivity index (χ4v) is 1.78. The molecule has 1 N–H and O–H groups in total. The first kappa shape index (κ1) is 15.3. The van der Waals surface area contributed by atoms with Crippen molar-refractivity contribution in [3.05, 3.63) is 23.8 Å². The third-order valence-corrected chi connectivity index (χ3v) is 2.89. The highest BCUT2D eigenvalue weighted by Gasteiger charge is 2.08. The zero-order valence-corrected chi connectivity index (χ0v) is 11.6. The van der Waals surface area contributed by atoms with Gasteiger partial charge in [0.05, 0.1) is 13.7 Å². The van der Waals surface area contributed by atoms with E-state index in [1.807, 2.05) is 18.2 Å². The second kappa shape index (κ2) is 8.40. The number of carbonyl (C=O) groups is 1. The minimum absolute atomic E-state index is 0.109. The molecule has 0 heterocycles. The van der Waals surface area contributed by atoms with Gasteiger partial charge in [-0.3, -0.25) is 4.79 Å². The molecule has 1 aromatic rings. The number of ether oxygens (including phenoxy) is 2. The van der Waals surface area contributed by atoms with E-state index in [1.165, 1.54) is 0 Å². The van der Waals surface area contributed by atoms with E-state index in [9.17, 15) is 4.79 Å². The second-order valence-corrected chi connectivity index (χ2v) is 4.42.